The van der Waals surface area contributed by atoms with E-state index in [2.05, 4.69) is 25.3 Å². The van der Waals surface area contributed by atoms with Crippen LogP contribution in [0, 0.1) is 13.8 Å². The Bertz CT molecular complexity index is 1460. The normalized spacial score (nSPS) is 11.5. The SMILES string of the molecule is Cc1cc(C)n2nc(SCc3nnc(SCc4cc(=O)c5ccccc5o4)s3)nc2n1. The molecular weight excluding hydrogens is 452 g/mol. The van der Waals surface area contributed by atoms with E-state index in [4.69, 9.17) is 4.42 Å². The van der Waals surface area contributed by atoms with Gasteiger partial charge in [0, 0.05) is 17.5 Å². The summed E-state index contributed by atoms with van der Waals surface area (Å²) < 4.78 is 8.40. The third-order valence-electron chi connectivity index (χ3n) is 4.40. The van der Waals surface area contributed by atoms with E-state index in [-0.39, 0.29) is 5.43 Å². The van der Waals surface area contributed by atoms with E-state index < -0.39 is 0 Å². The van der Waals surface area contributed by atoms with Crippen molar-refractivity contribution in [1.29, 1.82) is 0 Å². The van der Waals surface area contributed by atoms with Gasteiger partial charge in [-0.3, -0.25) is 4.79 Å². The van der Waals surface area contributed by atoms with Crippen LogP contribution in [0.5, 0.6) is 0 Å². The van der Waals surface area contributed by atoms with Gasteiger partial charge in [0.2, 0.25) is 5.16 Å². The van der Waals surface area contributed by atoms with Crippen LogP contribution >= 0.6 is 34.9 Å². The molecule has 8 nitrogen and oxygen atoms in total. The fourth-order valence-corrected chi connectivity index (χ4v) is 5.63. The number of aromatic nitrogens is 6. The lowest BCUT2D eigenvalue weighted by molar-refractivity contribution is 0.560. The van der Waals surface area contributed by atoms with Crippen molar-refractivity contribution in [3.8, 4) is 0 Å². The molecule has 11 heteroatoms. The summed E-state index contributed by atoms with van der Waals surface area (Å²) in [5.74, 6) is 2.36. The number of fused-ring (bicyclic) bond motifs is 2. The van der Waals surface area contributed by atoms with Gasteiger partial charge in [-0.15, -0.1) is 15.3 Å². The van der Waals surface area contributed by atoms with Crippen molar-refractivity contribution in [3.63, 3.8) is 0 Å². The van der Waals surface area contributed by atoms with Gasteiger partial charge >= 0.3 is 0 Å². The van der Waals surface area contributed by atoms with Crippen LogP contribution in [0.2, 0.25) is 0 Å². The van der Waals surface area contributed by atoms with E-state index in [9.17, 15) is 4.79 Å². The summed E-state index contributed by atoms with van der Waals surface area (Å²) in [6, 6.07) is 10.8. The summed E-state index contributed by atoms with van der Waals surface area (Å²) in [5, 5.41) is 15.1. The highest BCUT2D eigenvalue weighted by atomic mass is 32.2. The Balaban J connectivity index is 1.23. The zero-order valence-corrected chi connectivity index (χ0v) is 19.1. The number of aryl methyl sites for hydroxylation is 2. The molecule has 1 aromatic carbocycles. The molecule has 0 amide bonds. The first kappa shape index (κ1) is 20.2. The molecule has 0 bridgehead atoms. The van der Waals surface area contributed by atoms with Crippen LogP contribution in [0.3, 0.4) is 0 Å². The molecule has 0 fully saturated rings. The molecule has 0 aliphatic rings. The maximum atomic E-state index is 12.2. The third kappa shape index (κ3) is 4.34. The zero-order chi connectivity index (χ0) is 21.4. The van der Waals surface area contributed by atoms with Crippen molar-refractivity contribution >= 4 is 51.6 Å². The van der Waals surface area contributed by atoms with Crippen LogP contribution in [-0.4, -0.2) is 29.8 Å². The van der Waals surface area contributed by atoms with Gasteiger partial charge in [-0.1, -0.05) is 47.0 Å². The summed E-state index contributed by atoms with van der Waals surface area (Å²) in [4.78, 5) is 21.1. The van der Waals surface area contributed by atoms with Gasteiger partial charge in [-0.2, -0.15) is 4.98 Å². The largest absolute Gasteiger partial charge is 0.460 e. The summed E-state index contributed by atoms with van der Waals surface area (Å²) in [7, 11) is 0. The lowest BCUT2D eigenvalue weighted by Crippen LogP contribution is -2.01. The maximum absolute atomic E-state index is 12.2. The highest BCUT2D eigenvalue weighted by Crippen LogP contribution is 2.29. The van der Waals surface area contributed by atoms with E-state index in [0.29, 0.717) is 39.2 Å². The van der Waals surface area contributed by atoms with Gasteiger partial charge in [0.05, 0.1) is 16.9 Å². The molecule has 0 saturated carbocycles. The van der Waals surface area contributed by atoms with Crippen LogP contribution in [0.1, 0.15) is 22.2 Å². The lowest BCUT2D eigenvalue weighted by atomic mass is 10.2. The van der Waals surface area contributed by atoms with Gasteiger partial charge in [-0.05, 0) is 32.0 Å². The molecular formula is C20H16N6O2S3. The number of thioether (sulfide) groups is 2. The second-order valence-electron chi connectivity index (χ2n) is 6.76. The quantitative estimate of drug-likeness (QED) is 0.338. The predicted octanol–water partition coefficient (Wildman–Crippen LogP) is 4.28. The van der Waals surface area contributed by atoms with Crippen molar-refractivity contribution in [2.45, 2.75) is 34.8 Å². The first-order valence-corrected chi connectivity index (χ1v) is 12.1. The molecule has 4 heterocycles. The van der Waals surface area contributed by atoms with Gasteiger partial charge < -0.3 is 4.42 Å². The monoisotopic (exact) mass is 468 g/mol. The van der Waals surface area contributed by atoms with Crippen molar-refractivity contribution in [3.05, 3.63) is 68.8 Å². The van der Waals surface area contributed by atoms with Gasteiger partial charge in [0.25, 0.3) is 5.78 Å². The average molecular weight is 469 g/mol. The topological polar surface area (TPSA) is 99.1 Å². The zero-order valence-electron chi connectivity index (χ0n) is 16.6. The second kappa shape index (κ2) is 8.40. The molecule has 0 aliphatic heterocycles. The molecule has 5 rings (SSSR count). The van der Waals surface area contributed by atoms with Crippen molar-refractivity contribution in [2.24, 2.45) is 0 Å². The highest BCUT2D eigenvalue weighted by molar-refractivity contribution is 8.00. The molecule has 0 N–H and O–H groups in total. The fraction of sp³-hybridized carbons (Fsp3) is 0.200. The summed E-state index contributed by atoms with van der Waals surface area (Å²) in [6.07, 6.45) is 0. The highest BCUT2D eigenvalue weighted by Gasteiger charge is 2.12. The van der Waals surface area contributed by atoms with E-state index in [1.165, 1.54) is 34.9 Å². The number of nitrogens with zero attached hydrogens (tertiary/aromatic N) is 6. The minimum Gasteiger partial charge on any atom is -0.460 e. The van der Waals surface area contributed by atoms with Crippen LogP contribution in [-0.2, 0) is 11.5 Å². The third-order valence-corrected chi connectivity index (χ3v) is 7.51. The predicted molar refractivity (Wildman–Crippen MR) is 122 cm³/mol. The van der Waals surface area contributed by atoms with Crippen LogP contribution in [0.15, 0.2) is 55.1 Å². The summed E-state index contributed by atoms with van der Waals surface area (Å²) in [6.45, 7) is 3.93. The smallest absolute Gasteiger partial charge is 0.253 e. The fourth-order valence-electron chi connectivity index (χ4n) is 3.05. The van der Waals surface area contributed by atoms with E-state index in [1.807, 2.05) is 32.0 Å². The molecule has 31 heavy (non-hydrogen) atoms. The van der Waals surface area contributed by atoms with Crippen molar-refractivity contribution in [1.82, 2.24) is 29.8 Å². The number of benzene rings is 1. The molecule has 4 aromatic heterocycles. The first-order chi connectivity index (χ1) is 15.0. The van der Waals surface area contributed by atoms with Crippen molar-refractivity contribution < 1.29 is 4.42 Å². The Labute approximate surface area is 189 Å². The minimum absolute atomic E-state index is 0.0355. The van der Waals surface area contributed by atoms with E-state index in [1.54, 1.807) is 22.7 Å². The summed E-state index contributed by atoms with van der Waals surface area (Å²) in [5.41, 5.74) is 2.48. The lowest BCUT2D eigenvalue weighted by Gasteiger charge is -2.01. The Morgan fingerprint density at radius 2 is 1.94 bits per heavy atom. The average Bonchev–Trinajstić information content (AvgIpc) is 3.37. The molecule has 156 valence electrons. The maximum Gasteiger partial charge on any atom is 0.253 e. The van der Waals surface area contributed by atoms with E-state index in [0.717, 1.165) is 20.7 Å². The van der Waals surface area contributed by atoms with Crippen LogP contribution in [0.25, 0.3) is 16.7 Å². The van der Waals surface area contributed by atoms with Crippen LogP contribution in [0.4, 0.5) is 0 Å². The Morgan fingerprint density at radius 1 is 1.06 bits per heavy atom. The number of rotatable bonds is 6. The number of para-hydroxylation sites is 1. The number of hydrogen-bond donors (Lipinski definition) is 0. The Morgan fingerprint density at radius 3 is 2.84 bits per heavy atom. The van der Waals surface area contributed by atoms with Crippen molar-refractivity contribution in [2.75, 3.05) is 0 Å². The Hall–Kier alpha value is -2.76. The molecule has 0 spiro atoms. The molecule has 0 saturated heterocycles. The molecule has 0 aliphatic carbocycles. The molecule has 0 radical (unpaired) electrons. The van der Waals surface area contributed by atoms with Gasteiger partial charge in [0.15, 0.2) is 9.77 Å². The minimum atomic E-state index is -0.0355. The first-order valence-electron chi connectivity index (χ1n) is 9.36. The molecule has 0 atom stereocenters. The van der Waals surface area contributed by atoms with Crippen LogP contribution < -0.4 is 5.43 Å². The van der Waals surface area contributed by atoms with Gasteiger partial charge in [-0.25, -0.2) is 9.50 Å². The summed E-state index contributed by atoms with van der Waals surface area (Å²) >= 11 is 4.51. The van der Waals surface area contributed by atoms with Gasteiger partial charge in [0.1, 0.15) is 16.4 Å². The van der Waals surface area contributed by atoms with E-state index >= 15 is 0 Å². The molecule has 5 aromatic rings. The second-order valence-corrected chi connectivity index (χ2v) is 9.98. The Kier molecular flexibility index (Phi) is 5.47. The molecule has 0 unspecified atom stereocenters. The standard InChI is InChI=1S/C20H16N6O2S3/c1-11-7-12(2)26-18(21-11)22-19(25-26)29-10-17-23-24-20(31-17)30-9-13-8-15(27)14-5-3-4-6-16(14)28-13/h3-8H,9-10H2,1-2H3. The number of hydrogen-bond acceptors (Lipinski definition) is 10.